The Morgan fingerprint density at radius 3 is 3.09 bits per heavy atom. The number of piperidine rings is 1. The molecule has 3 rings (SSSR count). The van der Waals surface area contributed by atoms with E-state index in [1.165, 1.54) is 19.4 Å². The van der Waals surface area contributed by atoms with E-state index in [-0.39, 0.29) is 12.1 Å². The van der Waals surface area contributed by atoms with Gasteiger partial charge in [-0.05, 0) is 58.1 Å². The first-order valence-corrected chi connectivity index (χ1v) is 8.98. The predicted molar refractivity (Wildman–Crippen MR) is 90.4 cm³/mol. The summed E-state index contributed by atoms with van der Waals surface area (Å²) in [5, 5.41) is 6.19. The number of hydrogen-bond acceptors (Lipinski definition) is 3. The van der Waals surface area contributed by atoms with Gasteiger partial charge in [0, 0.05) is 31.1 Å². The molecule has 23 heavy (non-hydrogen) atoms. The van der Waals surface area contributed by atoms with Crippen LogP contribution in [0.15, 0.2) is 16.7 Å². The second-order valence-electron chi connectivity index (χ2n) is 7.20. The standard InChI is InChI=1S/C18H29N3O2/c1-13(2)21-9-4-5-14(12-21)11-19-18(22)20-16-6-3-7-17-15(16)8-10-23-17/h8,10,13-14,16H,3-7,9,11-12H2,1-2H3,(H2,19,20,22)/t14-,16+/m1/s1. The van der Waals surface area contributed by atoms with Crippen LogP contribution in [0.25, 0.3) is 0 Å². The van der Waals surface area contributed by atoms with Gasteiger partial charge in [-0.2, -0.15) is 0 Å². The van der Waals surface area contributed by atoms with Crippen molar-refractivity contribution in [2.45, 2.75) is 58.0 Å². The van der Waals surface area contributed by atoms with Crippen LogP contribution in [0.4, 0.5) is 4.79 Å². The van der Waals surface area contributed by atoms with Crippen molar-refractivity contribution in [3.63, 3.8) is 0 Å². The van der Waals surface area contributed by atoms with Crippen molar-refractivity contribution in [1.82, 2.24) is 15.5 Å². The van der Waals surface area contributed by atoms with Crippen LogP contribution in [0.5, 0.6) is 0 Å². The molecule has 5 nitrogen and oxygen atoms in total. The van der Waals surface area contributed by atoms with E-state index in [4.69, 9.17) is 4.42 Å². The minimum absolute atomic E-state index is 0.0503. The summed E-state index contributed by atoms with van der Waals surface area (Å²) >= 11 is 0. The molecule has 1 aliphatic carbocycles. The zero-order chi connectivity index (χ0) is 16.2. The lowest BCUT2D eigenvalue weighted by molar-refractivity contribution is 0.139. The fourth-order valence-corrected chi connectivity index (χ4v) is 3.82. The zero-order valence-corrected chi connectivity index (χ0v) is 14.3. The Bertz CT molecular complexity index is 526. The Balaban J connectivity index is 1.45. The summed E-state index contributed by atoms with van der Waals surface area (Å²) in [7, 11) is 0. The first kappa shape index (κ1) is 16.4. The second kappa shape index (κ2) is 7.39. The van der Waals surface area contributed by atoms with Crippen molar-refractivity contribution in [3.05, 3.63) is 23.7 Å². The molecule has 5 heteroatoms. The molecule has 0 aromatic carbocycles. The molecule has 1 aromatic heterocycles. The van der Waals surface area contributed by atoms with E-state index < -0.39 is 0 Å². The van der Waals surface area contributed by atoms with Crippen LogP contribution in [0.3, 0.4) is 0 Å². The van der Waals surface area contributed by atoms with Gasteiger partial charge in [0.1, 0.15) is 5.76 Å². The molecule has 2 atom stereocenters. The maximum atomic E-state index is 12.2. The van der Waals surface area contributed by atoms with Crippen LogP contribution < -0.4 is 10.6 Å². The number of nitrogens with zero attached hydrogens (tertiary/aromatic N) is 1. The third kappa shape index (κ3) is 4.08. The lowest BCUT2D eigenvalue weighted by Gasteiger charge is -2.35. The van der Waals surface area contributed by atoms with E-state index in [1.54, 1.807) is 6.26 Å². The third-order valence-electron chi connectivity index (χ3n) is 5.19. The number of furan rings is 1. The van der Waals surface area contributed by atoms with Crippen molar-refractivity contribution in [2.75, 3.05) is 19.6 Å². The van der Waals surface area contributed by atoms with E-state index in [2.05, 4.69) is 29.4 Å². The Labute approximate surface area is 138 Å². The number of fused-ring (bicyclic) bond motifs is 1. The van der Waals surface area contributed by atoms with Gasteiger partial charge in [0.15, 0.2) is 0 Å². The van der Waals surface area contributed by atoms with Crippen LogP contribution >= 0.6 is 0 Å². The van der Waals surface area contributed by atoms with E-state index in [9.17, 15) is 4.79 Å². The Morgan fingerprint density at radius 1 is 1.39 bits per heavy atom. The molecule has 0 spiro atoms. The molecular formula is C18H29N3O2. The van der Waals surface area contributed by atoms with Crippen molar-refractivity contribution in [1.29, 1.82) is 0 Å². The van der Waals surface area contributed by atoms with Gasteiger partial charge in [-0.25, -0.2) is 4.79 Å². The van der Waals surface area contributed by atoms with Gasteiger partial charge < -0.3 is 20.0 Å². The highest BCUT2D eigenvalue weighted by molar-refractivity contribution is 5.74. The molecule has 2 heterocycles. The summed E-state index contributed by atoms with van der Waals surface area (Å²) in [5.41, 5.74) is 1.15. The maximum absolute atomic E-state index is 12.2. The molecule has 2 amide bonds. The van der Waals surface area contributed by atoms with Crippen LogP contribution in [0.2, 0.25) is 0 Å². The predicted octanol–water partition coefficient (Wildman–Crippen LogP) is 3.08. The Kier molecular flexibility index (Phi) is 5.26. The molecule has 0 unspecified atom stereocenters. The fourth-order valence-electron chi connectivity index (χ4n) is 3.82. The quantitative estimate of drug-likeness (QED) is 0.896. The first-order chi connectivity index (χ1) is 11.1. The number of likely N-dealkylation sites (tertiary alicyclic amines) is 1. The average Bonchev–Trinajstić information content (AvgIpc) is 3.03. The van der Waals surface area contributed by atoms with Crippen molar-refractivity contribution in [2.24, 2.45) is 5.92 Å². The number of aryl methyl sites for hydroxylation is 1. The SMILES string of the molecule is CC(C)N1CCC[C@H](CNC(=O)N[C@H]2CCCc3occc32)C1. The minimum Gasteiger partial charge on any atom is -0.469 e. The van der Waals surface area contributed by atoms with Gasteiger partial charge in [0.2, 0.25) is 0 Å². The van der Waals surface area contributed by atoms with Crippen molar-refractivity contribution < 1.29 is 9.21 Å². The summed E-state index contributed by atoms with van der Waals surface area (Å²) in [6.45, 7) is 7.53. The average molecular weight is 319 g/mol. The van der Waals surface area contributed by atoms with Crippen molar-refractivity contribution in [3.8, 4) is 0 Å². The largest absolute Gasteiger partial charge is 0.469 e. The van der Waals surface area contributed by atoms with Gasteiger partial charge in [0.05, 0.1) is 12.3 Å². The lowest BCUT2D eigenvalue weighted by atomic mass is 9.93. The molecule has 1 fully saturated rings. The highest BCUT2D eigenvalue weighted by Gasteiger charge is 2.25. The molecule has 1 aliphatic heterocycles. The van der Waals surface area contributed by atoms with E-state index in [1.807, 2.05) is 6.07 Å². The first-order valence-electron chi connectivity index (χ1n) is 8.98. The van der Waals surface area contributed by atoms with Crippen molar-refractivity contribution >= 4 is 6.03 Å². The summed E-state index contributed by atoms with van der Waals surface area (Å²) < 4.78 is 5.48. The molecular weight excluding hydrogens is 290 g/mol. The van der Waals surface area contributed by atoms with Gasteiger partial charge in [-0.3, -0.25) is 0 Å². The number of carbonyl (C=O) groups excluding carboxylic acids is 1. The van der Waals surface area contributed by atoms with Gasteiger partial charge in [-0.15, -0.1) is 0 Å². The number of nitrogens with one attached hydrogen (secondary N) is 2. The topological polar surface area (TPSA) is 57.5 Å². The van der Waals surface area contributed by atoms with E-state index in [0.29, 0.717) is 12.0 Å². The highest BCUT2D eigenvalue weighted by atomic mass is 16.3. The minimum atomic E-state index is -0.0503. The van der Waals surface area contributed by atoms with Crippen LogP contribution in [0.1, 0.15) is 56.9 Å². The number of hydrogen-bond donors (Lipinski definition) is 2. The Morgan fingerprint density at radius 2 is 2.26 bits per heavy atom. The maximum Gasteiger partial charge on any atom is 0.315 e. The number of amides is 2. The third-order valence-corrected chi connectivity index (χ3v) is 5.19. The van der Waals surface area contributed by atoms with Crippen LogP contribution in [-0.2, 0) is 6.42 Å². The normalized spacial score (nSPS) is 25.2. The smallest absolute Gasteiger partial charge is 0.315 e. The van der Waals surface area contributed by atoms with Gasteiger partial charge >= 0.3 is 6.03 Å². The molecule has 0 bridgehead atoms. The molecule has 128 valence electrons. The summed E-state index contributed by atoms with van der Waals surface area (Å²) in [4.78, 5) is 14.7. The zero-order valence-electron chi connectivity index (χ0n) is 14.3. The number of urea groups is 1. The number of rotatable bonds is 4. The lowest BCUT2D eigenvalue weighted by Crippen LogP contribution is -2.46. The molecule has 2 N–H and O–H groups in total. The summed E-state index contributed by atoms with van der Waals surface area (Å²) in [5.74, 6) is 1.59. The fraction of sp³-hybridized carbons (Fsp3) is 0.722. The van der Waals surface area contributed by atoms with E-state index >= 15 is 0 Å². The second-order valence-corrected chi connectivity index (χ2v) is 7.20. The highest BCUT2D eigenvalue weighted by Crippen LogP contribution is 2.30. The molecule has 0 saturated carbocycles. The van der Waals surface area contributed by atoms with Gasteiger partial charge in [-0.1, -0.05) is 0 Å². The molecule has 1 saturated heterocycles. The van der Waals surface area contributed by atoms with E-state index in [0.717, 1.165) is 43.7 Å². The monoisotopic (exact) mass is 319 g/mol. The molecule has 1 aromatic rings. The molecule has 0 radical (unpaired) electrons. The summed E-state index contributed by atoms with van der Waals surface area (Å²) in [6.07, 6.45) is 7.20. The number of carbonyl (C=O) groups is 1. The Hall–Kier alpha value is -1.49. The van der Waals surface area contributed by atoms with Crippen LogP contribution in [0, 0.1) is 5.92 Å². The molecule has 2 aliphatic rings. The summed E-state index contributed by atoms with van der Waals surface area (Å²) in [6, 6.07) is 2.62. The van der Waals surface area contributed by atoms with Crippen LogP contribution in [-0.4, -0.2) is 36.6 Å². The van der Waals surface area contributed by atoms with Gasteiger partial charge in [0.25, 0.3) is 0 Å².